The molecular weight excluding hydrogens is 252 g/mol. The van der Waals surface area contributed by atoms with Crippen LogP contribution in [0.1, 0.15) is 18.4 Å². The highest BCUT2D eigenvalue weighted by Crippen LogP contribution is 2.21. The fourth-order valence-electron chi connectivity index (χ4n) is 2.04. The molecule has 1 N–H and O–H groups in total. The maximum Gasteiger partial charge on any atom is 0.332 e. The number of ether oxygens (including phenoxy) is 1. The van der Waals surface area contributed by atoms with Crippen molar-refractivity contribution in [2.45, 2.75) is 30.8 Å². The smallest absolute Gasteiger partial charge is 0.332 e. The quantitative estimate of drug-likeness (QED) is 0.880. The minimum absolute atomic E-state index is 0.185. The normalized spacial score (nSPS) is 24.9. The molecule has 0 amide bonds. The minimum Gasteiger partial charge on any atom is -0.479 e. The summed E-state index contributed by atoms with van der Waals surface area (Å²) in [7, 11) is -1.01. The maximum atomic E-state index is 11.9. The van der Waals surface area contributed by atoms with Crippen LogP contribution < -0.4 is 0 Å². The number of hydrogen-bond acceptors (Lipinski definition) is 3. The number of carbonyl (C=O) groups is 1. The Morgan fingerprint density at radius 3 is 2.67 bits per heavy atom. The molecule has 0 radical (unpaired) electrons. The van der Waals surface area contributed by atoms with E-state index >= 15 is 0 Å². The number of carboxylic acids is 1. The molecule has 98 valence electrons. The first-order chi connectivity index (χ1) is 8.65. The first-order valence-corrected chi connectivity index (χ1v) is 7.41. The van der Waals surface area contributed by atoms with Gasteiger partial charge in [-0.25, -0.2) is 4.79 Å². The van der Waals surface area contributed by atoms with Crippen LogP contribution in [0.25, 0.3) is 0 Å². The Balaban J connectivity index is 1.80. The molecule has 1 saturated heterocycles. The summed E-state index contributed by atoms with van der Waals surface area (Å²) in [5.74, 6) is -0.0109. The highest BCUT2D eigenvalue weighted by atomic mass is 32.2. The van der Waals surface area contributed by atoms with Crippen molar-refractivity contribution in [1.29, 1.82) is 0 Å². The molecule has 1 aliphatic heterocycles. The SMILES string of the molecule is O=C(O)C1CCC(CS(=O)Cc2ccccc2)O1. The van der Waals surface area contributed by atoms with Gasteiger partial charge < -0.3 is 9.84 Å². The second-order valence-electron chi connectivity index (χ2n) is 4.40. The molecule has 0 aliphatic carbocycles. The largest absolute Gasteiger partial charge is 0.479 e. The molecule has 1 heterocycles. The van der Waals surface area contributed by atoms with Gasteiger partial charge in [-0.15, -0.1) is 0 Å². The van der Waals surface area contributed by atoms with Gasteiger partial charge in [-0.3, -0.25) is 4.21 Å². The number of benzene rings is 1. The van der Waals surface area contributed by atoms with Gasteiger partial charge in [0.2, 0.25) is 0 Å². The van der Waals surface area contributed by atoms with E-state index in [1.807, 2.05) is 30.3 Å². The Hall–Kier alpha value is -1.20. The van der Waals surface area contributed by atoms with Crippen molar-refractivity contribution in [2.75, 3.05) is 5.75 Å². The predicted molar refractivity (Wildman–Crippen MR) is 68.7 cm³/mol. The summed E-state index contributed by atoms with van der Waals surface area (Å²) in [6.07, 6.45) is 0.291. The first kappa shape index (κ1) is 13.2. The van der Waals surface area contributed by atoms with E-state index in [1.54, 1.807) is 0 Å². The number of hydrogen-bond donors (Lipinski definition) is 1. The van der Waals surface area contributed by atoms with Crippen molar-refractivity contribution in [2.24, 2.45) is 0 Å². The lowest BCUT2D eigenvalue weighted by atomic mass is 10.2. The summed E-state index contributed by atoms with van der Waals surface area (Å²) in [5.41, 5.74) is 1.03. The third kappa shape index (κ3) is 3.65. The molecule has 5 heteroatoms. The summed E-state index contributed by atoms with van der Waals surface area (Å²) >= 11 is 0. The van der Waals surface area contributed by atoms with Gasteiger partial charge in [0.1, 0.15) is 0 Å². The van der Waals surface area contributed by atoms with Gasteiger partial charge in [0, 0.05) is 16.6 Å². The third-order valence-electron chi connectivity index (χ3n) is 2.93. The van der Waals surface area contributed by atoms with E-state index in [-0.39, 0.29) is 6.10 Å². The lowest BCUT2D eigenvalue weighted by Gasteiger charge is -2.10. The van der Waals surface area contributed by atoms with Crippen LogP contribution in [0.2, 0.25) is 0 Å². The van der Waals surface area contributed by atoms with Crippen LogP contribution in [0.15, 0.2) is 30.3 Å². The molecule has 0 aromatic heterocycles. The molecule has 0 spiro atoms. The molecule has 2 rings (SSSR count). The second kappa shape index (κ2) is 6.11. The van der Waals surface area contributed by atoms with Crippen molar-refractivity contribution in [3.63, 3.8) is 0 Å². The van der Waals surface area contributed by atoms with E-state index in [0.717, 1.165) is 5.56 Å². The van der Waals surface area contributed by atoms with Gasteiger partial charge >= 0.3 is 5.97 Å². The van der Waals surface area contributed by atoms with Crippen molar-refractivity contribution in [3.05, 3.63) is 35.9 Å². The van der Waals surface area contributed by atoms with E-state index < -0.39 is 22.9 Å². The number of aliphatic carboxylic acids is 1. The Morgan fingerprint density at radius 1 is 1.33 bits per heavy atom. The number of rotatable bonds is 5. The van der Waals surface area contributed by atoms with Gasteiger partial charge in [0.15, 0.2) is 6.10 Å². The average Bonchev–Trinajstić information content (AvgIpc) is 2.78. The molecule has 1 aromatic carbocycles. The summed E-state index contributed by atoms with van der Waals surface area (Å²) < 4.78 is 17.3. The topological polar surface area (TPSA) is 63.6 Å². The van der Waals surface area contributed by atoms with Crippen LogP contribution in [-0.4, -0.2) is 33.2 Å². The van der Waals surface area contributed by atoms with Crippen molar-refractivity contribution in [3.8, 4) is 0 Å². The van der Waals surface area contributed by atoms with E-state index in [1.165, 1.54) is 0 Å². The highest BCUT2D eigenvalue weighted by Gasteiger charge is 2.31. The monoisotopic (exact) mass is 268 g/mol. The lowest BCUT2D eigenvalue weighted by molar-refractivity contribution is -0.148. The zero-order valence-corrected chi connectivity index (χ0v) is 10.8. The van der Waals surface area contributed by atoms with E-state index in [4.69, 9.17) is 9.84 Å². The van der Waals surface area contributed by atoms with Gasteiger partial charge in [-0.2, -0.15) is 0 Å². The summed E-state index contributed by atoms with van der Waals surface area (Å²) in [4.78, 5) is 10.7. The minimum atomic E-state index is -1.01. The Bertz CT molecular complexity index is 432. The zero-order chi connectivity index (χ0) is 13.0. The lowest BCUT2D eigenvalue weighted by Crippen LogP contribution is -2.23. The molecule has 1 aliphatic rings. The van der Waals surface area contributed by atoms with Crippen molar-refractivity contribution >= 4 is 16.8 Å². The molecule has 1 aromatic rings. The van der Waals surface area contributed by atoms with E-state index in [9.17, 15) is 9.00 Å². The summed E-state index contributed by atoms with van der Waals surface area (Å²) in [6.45, 7) is 0. The Kier molecular flexibility index (Phi) is 4.49. The molecule has 4 nitrogen and oxygen atoms in total. The average molecular weight is 268 g/mol. The summed E-state index contributed by atoms with van der Waals surface area (Å²) in [5, 5.41) is 8.80. The third-order valence-corrected chi connectivity index (χ3v) is 4.32. The van der Waals surface area contributed by atoms with Crippen molar-refractivity contribution < 1.29 is 18.8 Å². The van der Waals surface area contributed by atoms with E-state index in [2.05, 4.69) is 0 Å². The van der Waals surface area contributed by atoms with Crippen LogP contribution in [-0.2, 0) is 26.1 Å². The Morgan fingerprint density at radius 2 is 2.06 bits per heavy atom. The zero-order valence-electron chi connectivity index (χ0n) is 9.95. The van der Waals surface area contributed by atoms with Gasteiger partial charge in [0.25, 0.3) is 0 Å². The highest BCUT2D eigenvalue weighted by molar-refractivity contribution is 7.84. The summed E-state index contributed by atoms with van der Waals surface area (Å²) in [6, 6.07) is 9.63. The van der Waals surface area contributed by atoms with Crippen LogP contribution in [0.4, 0.5) is 0 Å². The van der Waals surface area contributed by atoms with E-state index in [0.29, 0.717) is 24.3 Å². The molecular formula is C13H16O4S. The molecule has 18 heavy (non-hydrogen) atoms. The standard InChI is InChI=1S/C13H16O4S/c14-13(15)12-7-6-11(17-12)9-18(16)8-10-4-2-1-3-5-10/h1-5,11-12H,6-9H2,(H,14,15). The molecule has 0 bridgehead atoms. The van der Waals surface area contributed by atoms with Gasteiger partial charge in [-0.1, -0.05) is 30.3 Å². The van der Waals surface area contributed by atoms with Gasteiger partial charge in [0.05, 0.1) is 11.9 Å². The second-order valence-corrected chi connectivity index (χ2v) is 5.90. The van der Waals surface area contributed by atoms with Crippen LogP contribution >= 0.6 is 0 Å². The Labute approximate surface area is 108 Å². The predicted octanol–water partition coefficient (Wildman–Crippen LogP) is 1.57. The maximum absolute atomic E-state index is 11.9. The molecule has 3 atom stereocenters. The van der Waals surface area contributed by atoms with Crippen LogP contribution in [0, 0.1) is 0 Å². The van der Waals surface area contributed by atoms with Crippen LogP contribution in [0.5, 0.6) is 0 Å². The van der Waals surface area contributed by atoms with Crippen molar-refractivity contribution in [1.82, 2.24) is 0 Å². The molecule has 0 saturated carbocycles. The molecule has 1 fully saturated rings. The fourth-order valence-corrected chi connectivity index (χ4v) is 3.38. The number of carboxylic acid groups (broad SMARTS) is 1. The molecule has 3 unspecified atom stereocenters. The fraction of sp³-hybridized carbons (Fsp3) is 0.462. The van der Waals surface area contributed by atoms with Crippen LogP contribution in [0.3, 0.4) is 0 Å². The van der Waals surface area contributed by atoms with Gasteiger partial charge in [-0.05, 0) is 18.4 Å². The first-order valence-electron chi connectivity index (χ1n) is 5.92.